The minimum atomic E-state index is -1.37. The lowest BCUT2D eigenvalue weighted by atomic mass is 9.90. The van der Waals surface area contributed by atoms with Crippen LogP contribution in [-0.4, -0.2) is 142 Å². The van der Waals surface area contributed by atoms with Crippen molar-refractivity contribution >= 4 is 146 Å². The molecule has 22 heteroatoms. The average Bonchev–Trinajstić information content (AvgIpc) is 3.16. The molecule has 0 aromatic rings. The topological polar surface area (TPSA) is 167 Å². The molecule has 0 aromatic heterocycles. The molecule has 0 aromatic carbocycles. The summed E-state index contributed by atoms with van der Waals surface area (Å²) in [5, 5.41) is 0. The van der Waals surface area contributed by atoms with Gasteiger partial charge < -0.3 is 33.2 Å². The van der Waals surface area contributed by atoms with Crippen molar-refractivity contribution in [3.05, 3.63) is 0 Å². The van der Waals surface area contributed by atoms with E-state index in [2.05, 4.69) is 44.4 Å². The zero-order valence-corrected chi connectivity index (χ0v) is 39.7. The summed E-state index contributed by atoms with van der Waals surface area (Å²) in [7, 11) is 3.85. The number of esters is 6. The Morgan fingerprint density at radius 3 is 0.774 bits per heavy atom. The molecule has 0 unspecified atom stereocenters. The van der Waals surface area contributed by atoms with Crippen LogP contribution in [0.15, 0.2) is 0 Å². The predicted octanol–water partition coefficient (Wildman–Crippen LogP) is 6.79. The average molecular weight is 1060 g/mol. The minimum absolute atomic E-state index is 0.0779. The summed E-state index contributed by atoms with van der Waals surface area (Å²) < 4.78 is 39.9. The van der Waals surface area contributed by atoms with Crippen LogP contribution in [0.2, 0.25) is 0 Å². The van der Waals surface area contributed by atoms with Crippen molar-refractivity contribution in [2.24, 2.45) is 10.8 Å². The summed E-state index contributed by atoms with van der Waals surface area (Å²) in [6.45, 7) is -2.58. The van der Waals surface area contributed by atoms with Gasteiger partial charge in [0.15, 0.2) is 0 Å². The molecule has 0 saturated heterocycles. The van der Waals surface area contributed by atoms with Gasteiger partial charge in [-0.15, -0.1) is 0 Å². The van der Waals surface area contributed by atoms with Crippen molar-refractivity contribution in [1.29, 1.82) is 0 Å². The van der Waals surface area contributed by atoms with Gasteiger partial charge in [-0.1, -0.05) is 30.6 Å². The molecular formula is C31H49Br3O13S6. The van der Waals surface area contributed by atoms with Crippen LogP contribution in [0.4, 0.5) is 0 Å². The van der Waals surface area contributed by atoms with Crippen LogP contribution in [0.3, 0.4) is 0 Å². The van der Waals surface area contributed by atoms with E-state index >= 15 is 0 Å². The Balaban J connectivity index is 6.63. The van der Waals surface area contributed by atoms with Crippen molar-refractivity contribution in [3.63, 3.8) is 0 Å². The lowest BCUT2D eigenvalue weighted by molar-refractivity contribution is -0.174. The van der Waals surface area contributed by atoms with E-state index in [1.807, 2.05) is 18.8 Å². The van der Waals surface area contributed by atoms with Crippen molar-refractivity contribution in [1.82, 2.24) is 0 Å². The van der Waals surface area contributed by atoms with Crippen molar-refractivity contribution in [2.45, 2.75) is 38.5 Å². The molecule has 0 radical (unpaired) electrons. The third-order valence-electron chi connectivity index (χ3n) is 6.73. The number of carbonyl (C=O) groups is 6. The zero-order valence-electron chi connectivity index (χ0n) is 30.0. The monoisotopic (exact) mass is 1060 g/mol. The molecule has 308 valence electrons. The Morgan fingerprint density at radius 1 is 0.377 bits per heavy atom. The molecule has 0 aliphatic rings. The number of ether oxygens (including phenoxy) is 7. The van der Waals surface area contributed by atoms with E-state index < -0.39 is 46.6 Å². The molecule has 0 bridgehead atoms. The van der Waals surface area contributed by atoms with Crippen LogP contribution >= 0.6 is 110 Å². The normalized spacial score (nSPS) is 11.4. The van der Waals surface area contributed by atoms with Gasteiger partial charge in [0, 0.05) is 34.5 Å². The highest BCUT2D eigenvalue weighted by Crippen LogP contribution is 2.27. The second-order valence-corrected chi connectivity index (χ2v) is 20.3. The van der Waals surface area contributed by atoms with Gasteiger partial charge in [-0.2, -0.15) is 35.3 Å². The minimum Gasteiger partial charge on any atom is -0.465 e. The number of hydrogen-bond acceptors (Lipinski definition) is 19. The summed E-state index contributed by atoms with van der Waals surface area (Å²) >= 11 is 14.0. The number of rotatable bonds is 34. The van der Waals surface area contributed by atoms with Crippen LogP contribution in [-0.2, 0) is 61.9 Å². The van der Waals surface area contributed by atoms with E-state index in [0.717, 1.165) is 0 Å². The standard InChI is InChI=1S/C31H49Br3O13S6/c1-48-10-4-24(35)42-18-30(19-43-25(36)5-11-49-2,21-45-27(38)7-13-51-32)16-41-17-31(20-44-26(37)6-12-50-3,22-46-28(39)8-14-52-33)23-47-29(40)9-15-53-34/h4-23H2,1-3H3. The van der Waals surface area contributed by atoms with Gasteiger partial charge in [0.25, 0.3) is 0 Å². The van der Waals surface area contributed by atoms with Gasteiger partial charge in [0.2, 0.25) is 0 Å². The van der Waals surface area contributed by atoms with Crippen LogP contribution in [0.25, 0.3) is 0 Å². The first-order valence-corrected chi connectivity index (χ1v) is 28.8. The van der Waals surface area contributed by atoms with E-state index in [1.54, 1.807) is 0 Å². The van der Waals surface area contributed by atoms with Gasteiger partial charge >= 0.3 is 35.8 Å². The Bertz CT molecular complexity index is 881. The maximum absolute atomic E-state index is 12.7. The zero-order chi connectivity index (χ0) is 39.8. The maximum atomic E-state index is 12.7. The van der Waals surface area contributed by atoms with Gasteiger partial charge in [0.05, 0.1) is 62.6 Å². The number of thioether (sulfide) groups is 3. The second-order valence-electron chi connectivity index (χ2n) is 11.4. The van der Waals surface area contributed by atoms with E-state index in [-0.39, 0.29) is 91.4 Å². The Labute approximate surface area is 360 Å². The molecule has 0 N–H and O–H groups in total. The van der Waals surface area contributed by atoms with Crippen LogP contribution in [0.5, 0.6) is 0 Å². The predicted molar refractivity (Wildman–Crippen MR) is 228 cm³/mol. The molecule has 0 spiro atoms. The van der Waals surface area contributed by atoms with Crippen molar-refractivity contribution < 1.29 is 61.9 Å². The maximum Gasteiger partial charge on any atom is 0.306 e. The number of hydrogen-bond donors (Lipinski definition) is 0. The van der Waals surface area contributed by atoms with E-state index in [0.29, 0.717) is 34.5 Å². The molecule has 0 saturated carbocycles. The van der Waals surface area contributed by atoms with Gasteiger partial charge in [-0.25, -0.2) is 0 Å². The molecule has 53 heavy (non-hydrogen) atoms. The third-order valence-corrected chi connectivity index (χ3v) is 12.6. The largest absolute Gasteiger partial charge is 0.465 e. The first-order chi connectivity index (χ1) is 25.4. The van der Waals surface area contributed by atoms with Gasteiger partial charge in [-0.3, -0.25) is 28.8 Å². The van der Waals surface area contributed by atoms with Crippen LogP contribution in [0, 0.1) is 10.8 Å². The SMILES string of the molecule is CSCCC(=O)OCC(COCC(COC(=O)CCSC)(COC(=O)CCSBr)COC(=O)CCSBr)(COC(=O)CCSC)COC(=O)CCSBr. The highest BCUT2D eigenvalue weighted by Gasteiger charge is 2.41. The second kappa shape index (κ2) is 34.4. The van der Waals surface area contributed by atoms with E-state index in [9.17, 15) is 28.8 Å². The molecule has 0 aliphatic heterocycles. The lowest BCUT2D eigenvalue weighted by Gasteiger charge is -2.35. The summed E-state index contributed by atoms with van der Waals surface area (Å²) in [6.07, 6.45) is 6.16. The highest BCUT2D eigenvalue weighted by molar-refractivity contribution is 9.50. The summed E-state index contributed by atoms with van der Waals surface area (Å²) in [5.74, 6) is -0.257. The lowest BCUT2D eigenvalue weighted by Crippen LogP contribution is -2.47. The van der Waals surface area contributed by atoms with Gasteiger partial charge in [0.1, 0.15) is 39.6 Å². The first-order valence-electron chi connectivity index (χ1n) is 16.1. The molecule has 0 fully saturated rings. The molecule has 0 amide bonds. The fourth-order valence-corrected chi connectivity index (χ4v) is 7.04. The fourth-order valence-electron chi connectivity index (χ4n) is 3.74. The first kappa shape index (κ1) is 53.3. The van der Waals surface area contributed by atoms with Crippen molar-refractivity contribution in [3.8, 4) is 0 Å². The molecule has 0 rings (SSSR count). The fraction of sp³-hybridized carbons (Fsp3) is 0.806. The third kappa shape index (κ3) is 28.4. The van der Waals surface area contributed by atoms with E-state index in [1.165, 1.54) is 65.9 Å². The van der Waals surface area contributed by atoms with E-state index in [4.69, 9.17) is 33.2 Å². The molecule has 0 atom stereocenters. The Morgan fingerprint density at radius 2 is 0.585 bits per heavy atom. The highest BCUT2D eigenvalue weighted by atomic mass is 79.9. The molecule has 13 nitrogen and oxygen atoms in total. The number of halogens is 3. The molecular weight excluding hydrogens is 1010 g/mol. The summed E-state index contributed by atoms with van der Waals surface area (Å²) in [5.41, 5.74) is -2.74. The Hall–Kier alpha value is 0.320. The Kier molecular flexibility index (Phi) is 34.6. The smallest absolute Gasteiger partial charge is 0.306 e. The van der Waals surface area contributed by atoms with Gasteiger partial charge in [-0.05, 0) is 63.2 Å². The number of carbonyl (C=O) groups excluding carboxylic acids is 6. The quantitative estimate of drug-likeness (QED) is 0.0488. The van der Waals surface area contributed by atoms with Crippen molar-refractivity contribution in [2.75, 3.05) is 106 Å². The van der Waals surface area contributed by atoms with Crippen LogP contribution < -0.4 is 0 Å². The summed E-state index contributed by atoms with van der Waals surface area (Å²) in [4.78, 5) is 75.9. The van der Waals surface area contributed by atoms with Crippen LogP contribution in [0.1, 0.15) is 38.5 Å². The summed E-state index contributed by atoms with van der Waals surface area (Å²) in [6, 6.07) is 0. The molecule has 0 aliphatic carbocycles. The molecule has 0 heterocycles.